The van der Waals surface area contributed by atoms with E-state index in [1.807, 2.05) is 0 Å². The van der Waals surface area contributed by atoms with Gasteiger partial charge in [0.15, 0.2) is 17.4 Å². The zero-order valence-electron chi connectivity index (χ0n) is 16.4. The number of hydrogen-bond acceptors (Lipinski definition) is 7. The summed E-state index contributed by atoms with van der Waals surface area (Å²) in [7, 11) is 0. The number of thiazole rings is 1. The van der Waals surface area contributed by atoms with Gasteiger partial charge < -0.3 is 9.47 Å². The van der Waals surface area contributed by atoms with Crippen LogP contribution in [0.2, 0.25) is 0 Å². The molecule has 0 atom stereocenters. The van der Waals surface area contributed by atoms with Gasteiger partial charge >= 0.3 is 5.97 Å². The van der Waals surface area contributed by atoms with Gasteiger partial charge in [0.25, 0.3) is 0 Å². The van der Waals surface area contributed by atoms with Crippen LogP contribution in [0.15, 0.2) is 46.9 Å². The van der Waals surface area contributed by atoms with Crippen molar-refractivity contribution in [1.82, 2.24) is 4.98 Å². The molecule has 0 saturated carbocycles. The zero-order valence-corrected chi connectivity index (χ0v) is 17.2. The maximum atomic E-state index is 13.8. The minimum atomic E-state index is -1.58. The van der Waals surface area contributed by atoms with Crippen LogP contribution >= 0.6 is 11.3 Å². The number of ether oxygens (including phenoxy) is 2. The molecule has 0 saturated heterocycles. The van der Waals surface area contributed by atoms with Crippen LogP contribution in [-0.2, 0) is 22.6 Å². The third kappa shape index (κ3) is 6.05. The van der Waals surface area contributed by atoms with Crippen molar-refractivity contribution in [2.45, 2.75) is 20.0 Å². The topological polar surface area (TPSA) is 72.8 Å². The Labute approximate surface area is 180 Å². The molecule has 0 aliphatic carbocycles. The highest BCUT2D eigenvalue weighted by Crippen LogP contribution is 2.23. The average Bonchev–Trinajstić information content (AvgIpc) is 3.19. The minimum absolute atomic E-state index is 0.0782. The molecule has 0 aliphatic rings. The van der Waals surface area contributed by atoms with E-state index in [1.165, 1.54) is 17.6 Å². The molecule has 2 aromatic carbocycles. The van der Waals surface area contributed by atoms with Crippen molar-refractivity contribution >= 4 is 28.7 Å². The molecule has 0 radical (unpaired) electrons. The second kappa shape index (κ2) is 10.6. The molecule has 0 unspecified atom stereocenters. The molecule has 3 rings (SSSR count). The van der Waals surface area contributed by atoms with Crippen LogP contribution < -0.4 is 10.2 Å². The summed E-state index contributed by atoms with van der Waals surface area (Å²) in [6.45, 7) is 1.97. The molecule has 31 heavy (non-hydrogen) atoms. The molecule has 0 spiro atoms. The van der Waals surface area contributed by atoms with Crippen LogP contribution in [0, 0.1) is 17.5 Å². The van der Waals surface area contributed by atoms with Gasteiger partial charge in [-0.15, -0.1) is 11.3 Å². The number of rotatable bonds is 9. The van der Waals surface area contributed by atoms with E-state index in [4.69, 9.17) is 9.47 Å². The number of hydrazone groups is 1. The van der Waals surface area contributed by atoms with E-state index in [0.717, 1.165) is 12.1 Å². The lowest BCUT2D eigenvalue weighted by molar-refractivity contribution is -0.142. The fraction of sp³-hybridized carbons (Fsp3) is 0.190. The lowest BCUT2D eigenvalue weighted by atomic mass is 10.1. The van der Waals surface area contributed by atoms with Crippen molar-refractivity contribution in [1.29, 1.82) is 0 Å². The van der Waals surface area contributed by atoms with E-state index in [1.54, 1.807) is 36.6 Å². The highest BCUT2D eigenvalue weighted by Gasteiger charge is 2.15. The van der Waals surface area contributed by atoms with E-state index in [2.05, 4.69) is 15.5 Å². The van der Waals surface area contributed by atoms with Crippen LogP contribution in [0.4, 0.5) is 18.3 Å². The third-order valence-corrected chi connectivity index (χ3v) is 4.78. The zero-order chi connectivity index (χ0) is 22.2. The van der Waals surface area contributed by atoms with Crippen molar-refractivity contribution in [3.63, 3.8) is 0 Å². The molecule has 162 valence electrons. The van der Waals surface area contributed by atoms with E-state index < -0.39 is 17.5 Å². The first-order chi connectivity index (χ1) is 15.0. The number of hydrogen-bond donors (Lipinski definition) is 1. The summed E-state index contributed by atoms with van der Waals surface area (Å²) in [5, 5.41) is 6.34. The number of aromatic nitrogens is 1. The molecule has 10 heteroatoms. The Hall–Kier alpha value is -3.40. The molecule has 1 N–H and O–H groups in total. The summed E-state index contributed by atoms with van der Waals surface area (Å²) in [5.74, 6) is -4.98. The molecule has 6 nitrogen and oxygen atoms in total. The molecular weight excluding hydrogens is 431 g/mol. The number of carbonyl (C=O) groups excluding carboxylic acids is 1. The number of anilines is 1. The monoisotopic (exact) mass is 449 g/mol. The number of carbonyl (C=O) groups is 1. The molecule has 1 heterocycles. The lowest BCUT2D eigenvalue weighted by Crippen LogP contribution is -2.07. The predicted molar refractivity (Wildman–Crippen MR) is 111 cm³/mol. The fourth-order valence-electron chi connectivity index (χ4n) is 2.52. The summed E-state index contributed by atoms with van der Waals surface area (Å²) >= 11 is 1.28. The normalized spacial score (nSPS) is 11.0. The highest BCUT2D eigenvalue weighted by atomic mass is 32.1. The van der Waals surface area contributed by atoms with Crippen molar-refractivity contribution in [3.05, 3.63) is 76.1 Å². The molecule has 1 aromatic heterocycles. The van der Waals surface area contributed by atoms with Crippen LogP contribution in [0.5, 0.6) is 5.75 Å². The number of benzene rings is 2. The van der Waals surface area contributed by atoms with Gasteiger partial charge in [0.1, 0.15) is 6.61 Å². The first-order valence-corrected chi connectivity index (χ1v) is 10.1. The van der Waals surface area contributed by atoms with Crippen LogP contribution in [-0.4, -0.2) is 23.8 Å². The Morgan fingerprint density at radius 2 is 2.00 bits per heavy atom. The molecule has 3 aromatic rings. The summed E-state index contributed by atoms with van der Waals surface area (Å²) in [4.78, 5) is 15.7. The molecule has 0 bridgehead atoms. The standard InChI is InChI=1S/C21H18F3N3O3S/c1-2-29-18(28)9-15-12-31-21(26-15)27-25-10-13-5-3-4-6-14(13)11-30-17-8-7-16(22)19(23)20(17)24/h3-8,10,12H,2,9,11H2,1H3,(H,26,27). The maximum absolute atomic E-state index is 13.8. The van der Waals surface area contributed by atoms with Crippen molar-refractivity contribution in [2.75, 3.05) is 12.0 Å². The number of esters is 1. The van der Waals surface area contributed by atoms with E-state index in [-0.39, 0.29) is 24.7 Å². The van der Waals surface area contributed by atoms with Crippen molar-refractivity contribution < 1.29 is 27.4 Å². The second-order valence-electron chi connectivity index (χ2n) is 6.16. The lowest BCUT2D eigenvalue weighted by Gasteiger charge is -2.10. The van der Waals surface area contributed by atoms with Crippen molar-refractivity contribution in [3.8, 4) is 5.75 Å². The minimum Gasteiger partial charge on any atom is -0.486 e. The van der Waals surface area contributed by atoms with Gasteiger partial charge in [-0.25, -0.2) is 13.8 Å². The number of nitrogens with zero attached hydrogens (tertiary/aromatic N) is 2. The largest absolute Gasteiger partial charge is 0.486 e. The Bertz CT molecular complexity index is 1090. The summed E-state index contributed by atoms with van der Waals surface area (Å²) in [5.41, 5.74) is 4.67. The second-order valence-corrected chi connectivity index (χ2v) is 7.01. The van der Waals surface area contributed by atoms with Gasteiger partial charge in [0.2, 0.25) is 10.9 Å². The van der Waals surface area contributed by atoms with Crippen LogP contribution in [0.1, 0.15) is 23.7 Å². The average molecular weight is 449 g/mol. The van der Waals surface area contributed by atoms with Crippen molar-refractivity contribution in [2.24, 2.45) is 5.10 Å². The Morgan fingerprint density at radius 1 is 1.19 bits per heavy atom. The Balaban J connectivity index is 1.62. The van der Waals surface area contributed by atoms with Gasteiger partial charge in [0, 0.05) is 10.9 Å². The molecule has 0 aliphatic heterocycles. The Morgan fingerprint density at radius 3 is 2.81 bits per heavy atom. The number of halogens is 3. The first kappa shape index (κ1) is 22.3. The maximum Gasteiger partial charge on any atom is 0.311 e. The summed E-state index contributed by atoms with van der Waals surface area (Å²) in [6, 6.07) is 8.87. The highest BCUT2D eigenvalue weighted by molar-refractivity contribution is 7.13. The number of nitrogens with one attached hydrogen (secondary N) is 1. The van der Waals surface area contributed by atoms with Crippen LogP contribution in [0.3, 0.4) is 0 Å². The fourth-order valence-corrected chi connectivity index (χ4v) is 3.18. The van der Waals surface area contributed by atoms with Gasteiger partial charge in [-0.2, -0.15) is 9.49 Å². The SMILES string of the molecule is CCOC(=O)Cc1csc(NN=Cc2ccccc2COc2ccc(F)c(F)c2F)n1. The molecular formula is C21H18F3N3O3S. The Kier molecular flexibility index (Phi) is 7.60. The van der Waals surface area contributed by atoms with Gasteiger partial charge in [-0.05, 0) is 24.6 Å². The predicted octanol–water partition coefficient (Wildman–Crippen LogP) is 4.69. The third-order valence-electron chi connectivity index (χ3n) is 3.98. The van der Waals surface area contributed by atoms with E-state index in [9.17, 15) is 18.0 Å². The quantitative estimate of drug-likeness (QED) is 0.222. The molecule has 0 amide bonds. The first-order valence-electron chi connectivity index (χ1n) is 9.21. The molecule has 0 fully saturated rings. The van der Waals surface area contributed by atoms with E-state index in [0.29, 0.717) is 28.6 Å². The van der Waals surface area contributed by atoms with Gasteiger partial charge in [-0.3, -0.25) is 10.2 Å². The van der Waals surface area contributed by atoms with E-state index >= 15 is 0 Å². The smallest absolute Gasteiger partial charge is 0.311 e. The van der Waals surface area contributed by atoms with Gasteiger partial charge in [0.05, 0.1) is 24.9 Å². The summed E-state index contributed by atoms with van der Waals surface area (Å²) < 4.78 is 50.3. The van der Waals surface area contributed by atoms with Crippen LogP contribution in [0.25, 0.3) is 0 Å². The summed E-state index contributed by atoms with van der Waals surface area (Å²) in [6.07, 6.45) is 1.60. The van der Waals surface area contributed by atoms with Gasteiger partial charge in [-0.1, -0.05) is 24.3 Å².